The second-order valence-corrected chi connectivity index (χ2v) is 5.57. The van der Waals surface area contributed by atoms with Crippen LogP contribution >= 0.6 is 0 Å². The molecule has 7 heteroatoms. The largest absolute Gasteiger partial charge is 0.496 e. The van der Waals surface area contributed by atoms with Gasteiger partial charge in [-0.25, -0.2) is 4.79 Å². The van der Waals surface area contributed by atoms with Crippen LogP contribution in [0.25, 0.3) is 0 Å². The molecule has 27 heavy (non-hydrogen) atoms. The summed E-state index contributed by atoms with van der Waals surface area (Å²) >= 11 is 0. The molecule has 0 aliphatic rings. The Bertz CT molecular complexity index is 802. The fourth-order valence-corrected chi connectivity index (χ4v) is 2.39. The van der Waals surface area contributed by atoms with E-state index in [-0.39, 0.29) is 6.61 Å². The van der Waals surface area contributed by atoms with Crippen molar-refractivity contribution < 1.29 is 23.9 Å². The number of ether oxygens (including phenoxy) is 2. The third kappa shape index (κ3) is 5.85. The van der Waals surface area contributed by atoms with E-state index >= 15 is 0 Å². The van der Waals surface area contributed by atoms with Gasteiger partial charge in [0.15, 0.2) is 0 Å². The van der Waals surface area contributed by atoms with Gasteiger partial charge in [-0.3, -0.25) is 9.59 Å². The number of nitrogens with one attached hydrogen (secondary N) is 2. The molecular formula is C20H22N2O5. The summed E-state index contributed by atoms with van der Waals surface area (Å²) in [6, 6.07) is 13.6. The number of anilines is 1. The molecule has 0 aliphatic heterocycles. The zero-order chi connectivity index (χ0) is 19.6. The van der Waals surface area contributed by atoms with Crippen molar-refractivity contribution in [2.45, 2.75) is 13.3 Å². The predicted molar refractivity (Wildman–Crippen MR) is 101 cm³/mol. The van der Waals surface area contributed by atoms with Crippen LogP contribution in [0.2, 0.25) is 0 Å². The second-order valence-electron chi connectivity index (χ2n) is 5.57. The number of carbonyl (C=O) groups excluding carboxylic acids is 3. The first-order valence-corrected chi connectivity index (χ1v) is 8.53. The lowest BCUT2D eigenvalue weighted by Gasteiger charge is -2.09. The van der Waals surface area contributed by atoms with Crippen molar-refractivity contribution in [1.29, 1.82) is 0 Å². The summed E-state index contributed by atoms with van der Waals surface area (Å²) in [6.07, 6.45) is 0.539. The first-order valence-electron chi connectivity index (χ1n) is 8.53. The van der Waals surface area contributed by atoms with Gasteiger partial charge >= 0.3 is 17.8 Å². The summed E-state index contributed by atoms with van der Waals surface area (Å²) in [5.74, 6) is -1.22. The fourth-order valence-electron chi connectivity index (χ4n) is 2.39. The highest BCUT2D eigenvalue weighted by molar-refractivity contribution is 6.39. The maximum atomic E-state index is 12.0. The molecule has 142 valence electrons. The van der Waals surface area contributed by atoms with Crippen molar-refractivity contribution in [3.8, 4) is 5.75 Å². The van der Waals surface area contributed by atoms with Crippen LogP contribution in [-0.2, 0) is 20.7 Å². The molecular weight excluding hydrogens is 348 g/mol. The minimum absolute atomic E-state index is 0.284. The van der Waals surface area contributed by atoms with E-state index in [0.29, 0.717) is 24.2 Å². The first-order chi connectivity index (χ1) is 13.0. The van der Waals surface area contributed by atoms with Gasteiger partial charge in [0.1, 0.15) is 5.75 Å². The molecule has 2 rings (SSSR count). The van der Waals surface area contributed by atoms with Gasteiger partial charge in [0, 0.05) is 12.2 Å². The zero-order valence-electron chi connectivity index (χ0n) is 15.3. The lowest BCUT2D eigenvalue weighted by atomic mass is 10.1. The van der Waals surface area contributed by atoms with Crippen molar-refractivity contribution in [3.63, 3.8) is 0 Å². The van der Waals surface area contributed by atoms with Crippen LogP contribution in [0.3, 0.4) is 0 Å². The lowest BCUT2D eigenvalue weighted by molar-refractivity contribution is -0.136. The van der Waals surface area contributed by atoms with E-state index in [4.69, 9.17) is 9.47 Å². The molecule has 2 aromatic rings. The number of methoxy groups -OCH3 is 1. The third-order valence-electron chi connectivity index (χ3n) is 3.73. The number of hydrogen-bond acceptors (Lipinski definition) is 5. The standard InChI is InChI=1S/C20H22N2O5/c1-3-27-20(25)15-8-10-16(11-9-15)22-19(24)18(23)21-13-12-14-6-4-5-7-17(14)26-2/h4-11H,3,12-13H2,1-2H3,(H,21,23)(H,22,24). The van der Waals surface area contributed by atoms with E-state index in [1.54, 1.807) is 14.0 Å². The summed E-state index contributed by atoms with van der Waals surface area (Å²) in [7, 11) is 1.58. The summed E-state index contributed by atoms with van der Waals surface area (Å²) < 4.78 is 10.1. The highest BCUT2D eigenvalue weighted by Gasteiger charge is 2.14. The molecule has 2 N–H and O–H groups in total. The van der Waals surface area contributed by atoms with Crippen molar-refractivity contribution >= 4 is 23.5 Å². The molecule has 0 unspecified atom stereocenters. The van der Waals surface area contributed by atoms with Gasteiger partial charge in [0.2, 0.25) is 0 Å². The van der Waals surface area contributed by atoms with Gasteiger partial charge in [-0.1, -0.05) is 18.2 Å². The number of para-hydroxylation sites is 1. The summed E-state index contributed by atoms with van der Waals surface area (Å²) in [5, 5.41) is 5.05. The Hall–Kier alpha value is -3.35. The lowest BCUT2D eigenvalue weighted by Crippen LogP contribution is -2.36. The number of carbonyl (C=O) groups is 3. The zero-order valence-corrected chi connectivity index (χ0v) is 15.3. The highest BCUT2D eigenvalue weighted by Crippen LogP contribution is 2.17. The van der Waals surface area contributed by atoms with Crippen molar-refractivity contribution in [2.75, 3.05) is 25.6 Å². The molecule has 0 aliphatic carbocycles. The number of amides is 2. The smallest absolute Gasteiger partial charge is 0.338 e. The summed E-state index contributed by atoms with van der Waals surface area (Å²) in [4.78, 5) is 35.5. The highest BCUT2D eigenvalue weighted by atomic mass is 16.5. The SMILES string of the molecule is CCOC(=O)c1ccc(NC(=O)C(=O)NCCc2ccccc2OC)cc1. The number of hydrogen-bond donors (Lipinski definition) is 2. The fraction of sp³-hybridized carbons (Fsp3) is 0.250. The van der Waals surface area contributed by atoms with Gasteiger partial charge in [0.05, 0.1) is 19.3 Å². The van der Waals surface area contributed by atoms with Crippen LogP contribution in [0.1, 0.15) is 22.8 Å². The van der Waals surface area contributed by atoms with E-state index < -0.39 is 17.8 Å². The van der Waals surface area contributed by atoms with Gasteiger partial charge in [-0.15, -0.1) is 0 Å². The molecule has 0 aromatic heterocycles. The molecule has 0 atom stereocenters. The number of benzene rings is 2. The quantitative estimate of drug-likeness (QED) is 0.575. The molecule has 0 fully saturated rings. The van der Waals surface area contributed by atoms with Crippen LogP contribution < -0.4 is 15.4 Å². The molecule has 2 aromatic carbocycles. The third-order valence-corrected chi connectivity index (χ3v) is 3.73. The van der Waals surface area contributed by atoms with E-state index in [9.17, 15) is 14.4 Å². The van der Waals surface area contributed by atoms with Crippen LogP contribution in [0.15, 0.2) is 48.5 Å². The summed E-state index contributed by atoms with van der Waals surface area (Å²) in [6.45, 7) is 2.31. The van der Waals surface area contributed by atoms with E-state index in [1.807, 2.05) is 24.3 Å². The maximum absolute atomic E-state index is 12.0. The van der Waals surface area contributed by atoms with Crippen molar-refractivity contribution in [2.24, 2.45) is 0 Å². The maximum Gasteiger partial charge on any atom is 0.338 e. The van der Waals surface area contributed by atoms with Crippen LogP contribution in [0.4, 0.5) is 5.69 Å². The second kappa shape index (κ2) is 9.96. The topological polar surface area (TPSA) is 93.7 Å². The molecule has 0 bridgehead atoms. The Morgan fingerprint density at radius 3 is 2.33 bits per heavy atom. The molecule has 0 saturated heterocycles. The first kappa shape index (κ1) is 20.0. The van der Waals surface area contributed by atoms with E-state index in [2.05, 4.69) is 10.6 Å². The predicted octanol–water partition coefficient (Wildman–Crippen LogP) is 2.17. The molecule has 7 nitrogen and oxygen atoms in total. The van der Waals surface area contributed by atoms with E-state index in [1.165, 1.54) is 24.3 Å². The monoisotopic (exact) mass is 370 g/mol. The Balaban J connectivity index is 1.83. The normalized spacial score (nSPS) is 10.0. The molecule has 2 amide bonds. The molecule has 0 saturated carbocycles. The van der Waals surface area contributed by atoms with Crippen LogP contribution in [0, 0.1) is 0 Å². The minimum Gasteiger partial charge on any atom is -0.496 e. The van der Waals surface area contributed by atoms with Crippen molar-refractivity contribution in [3.05, 3.63) is 59.7 Å². The van der Waals surface area contributed by atoms with Crippen molar-refractivity contribution in [1.82, 2.24) is 5.32 Å². The van der Waals surface area contributed by atoms with E-state index in [0.717, 1.165) is 11.3 Å². The van der Waals surface area contributed by atoms with Crippen LogP contribution in [0.5, 0.6) is 5.75 Å². The number of rotatable bonds is 7. The van der Waals surface area contributed by atoms with Crippen LogP contribution in [-0.4, -0.2) is 38.0 Å². The Morgan fingerprint density at radius 2 is 1.67 bits per heavy atom. The van der Waals surface area contributed by atoms with Gasteiger partial charge in [-0.05, 0) is 49.2 Å². The Labute approximate surface area is 157 Å². The number of esters is 1. The molecule has 0 radical (unpaired) electrons. The average Bonchev–Trinajstić information content (AvgIpc) is 2.69. The minimum atomic E-state index is -0.779. The van der Waals surface area contributed by atoms with Gasteiger partial charge in [0.25, 0.3) is 0 Å². The van der Waals surface area contributed by atoms with Gasteiger partial charge in [-0.2, -0.15) is 0 Å². The molecule has 0 spiro atoms. The van der Waals surface area contributed by atoms with Gasteiger partial charge < -0.3 is 20.1 Å². The average molecular weight is 370 g/mol. The molecule has 0 heterocycles. The summed E-state index contributed by atoms with van der Waals surface area (Å²) in [5.41, 5.74) is 1.72. The Morgan fingerprint density at radius 1 is 0.963 bits per heavy atom. The Kier molecular flexibility index (Phi) is 7.37.